The fraction of sp³-hybridized carbons (Fsp3) is 0.353. The second-order valence-electron chi connectivity index (χ2n) is 5.89. The molecule has 0 spiro atoms. The van der Waals surface area contributed by atoms with Crippen molar-refractivity contribution >= 4 is 11.9 Å². The summed E-state index contributed by atoms with van der Waals surface area (Å²) in [5.74, 6) is -0.613. The van der Waals surface area contributed by atoms with Crippen LogP contribution in [0, 0.1) is 0 Å². The van der Waals surface area contributed by atoms with Gasteiger partial charge in [-0.05, 0) is 24.1 Å². The summed E-state index contributed by atoms with van der Waals surface area (Å²) in [6, 6.07) is 5.84. The number of nitrogens with zero attached hydrogens (tertiary/aromatic N) is 2. The van der Waals surface area contributed by atoms with Crippen molar-refractivity contribution in [1.82, 2.24) is 9.88 Å². The lowest BCUT2D eigenvalue weighted by atomic mass is 9.99. The molecule has 0 saturated carbocycles. The Labute approximate surface area is 133 Å². The van der Waals surface area contributed by atoms with Crippen LogP contribution in [0.15, 0.2) is 34.9 Å². The molecule has 6 heteroatoms. The monoisotopic (exact) mass is 314 g/mol. The van der Waals surface area contributed by atoms with Crippen molar-refractivity contribution < 1.29 is 19.1 Å². The number of carbonyl (C=O) groups excluding carboxylic acids is 1. The Hall–Kier alpha value is -2.63. The first-order valence-corrected chi connectivity index (χ1v) is 7.56. The van der Waals surface area contributed by atoms with E-state index in [1.54, 1.807) is 18.2 Å². The van der Waals surface area contributed by atoms with Gasteiger partial charge in [0.1, 0.15) is 11.5 Å². The molecular formula is C17H18N2O4. The Morgan fingerprint density at radius 1 is 1.35 bits per heavy atom. The van der Waals surface area contributed by atoms with Crippen molar-refractivity contribution in [2.75, 3.05) is 6.54 Å². The lowest BCUT2D eigenvalue weighted by molar-refractivity contribution is -0.143. The van der Waals surface area contributed by atoms with Crippen molar-refractivity contribution in [3.63, 3.8) is 0 Å². The minimum absolute atomic E-state index is 0.194. The molecule has 2 aromatic heterocycles. The Balaban J connectivity index is 1.96. The smallest absolute Gasteiger partial charge is 0.331 e. The summed E-state index contributed by atoms with van der Waals surface area (Å²) in [5, 5.41) is 9.56. The summed E-state index contributed by atoms with van der Waals surface area (Å²) >= 11 is 0. The predicted molar refractivity (Wildman–Crippen MR) is 82.2 cm³/mol. The number of amides is 1. The summed E-state index contributed by atoms with van der Waals surface area (Å²) in [4.78, 5) is 30.2. The summed E-state index contributed by atoms with van der Waals surface area (Å²) in [6.45, 7) is 4.29. The van der Waals surface area contributed by atoms with Crippen LogP contribution in [0.25, 0.3) is 0 Å². The van der Waals surface area contributed by atoms with E-state index >= 15 is 0 Å². The second-order valence-corrected chi connectivity index (χ2v) is 5.89. The first-order valence-electron chi connectivity index (χ1n) is 7.56. The van der Waals surface area contributed by atoms with Crippen molar-refractivity contribution in [1.29, 1.82) is 0 Å². The molecule has 0 aliphatic carbocycles. The van der Waals surface area contributed by atoms with Gasteiger partial charge in [-0.15, -0.1) is 0 Å². The quantitative estimate of drug-likeness (QED) is 0.941. The van der Waals surface area contributed by atoms with E-state index in [1.807, 2.05) is 19.9 Å². The van der Waals surface area contributed by atoms with E-state index < -0.39 is 12.0 Å². The zero-order chi connectivity index (χ0) is 16.6. The van der Waals surface area contributed by atoms with Gasteiger partial charge < -0.3 is 14.4 Å². The first kappa shape index (κ1) is 15.3. The van der Waals surface area contributed by atoms with Crippen LogP contribution >= 0.6 is 0 Å². The fourth-order valence-corrected chi connectivity index (χ4v) is 2.84. The number of carbonyl (C=O) groups is 2. The van der Waals surface area contributed by atoms with E-state index in [9.17, 15) is 14.7 Å². The van der Waals surface area contributed by atoms with Crippen LogP contribution in [-0.2, 0) is 11.2 Å². The molecule has 1 unspecified atom stereocenters. The van der Waals surface area contributed by atoms with Crippen molar-refractivity contribution in [3.05, 3.63) is 53.2 Å². The molecule has 1 aliphatic heterocycles. The minimum atomic E-state index is -1.07. The van der Waals surface area contributed by atoms with Crippen LogP contribution < -0.4 is 0 Å². The SMILES string of the molecule is CC(C)c1cccc(C(=O)N2CCc3occc3C2C(=O)O)n1. The number of carboxylic acids is 1. The average Bonchev–Trinajstić information content (AvgIpc) is 3.01. The maximum atomic E-state index is 12.8. The van der Waals surface area contributed by atoms with E-state index in [1.165, 1.54) is 11.2 Å². The number of hydrogen-bond acceptors (Lipinski definition) is 4. The minimum Gasteiger partial charge on any atom is -0.479 e. The highest BCUT2D eigenvalue weighted by Gasteiger charge is 2.38. The molecule has 2 aromatic rings. The van der Waals surface area contributed by atoms with Gasteiger partial charge in [-0.1, -0.05) is 19.9 Å². The third-order valence-corrected chi connectivity index (χ3v) is 4.04. The van der Waals surface area contributed by atoms with Gasteiger partial charge >= 0.3 is 5.97 Å². The van der Waals surface area contributed by atoms with Crippen molar-refractivity contribution in [2.45, 2.75) is 32.2 Å². The molecular weight excluding hydrogens is 296 g/mol. The van der Waals surface area contributed by atoms with Crippen LogP contribution in [0.5, 0.6) is 0 Å². The Kier molecular flexibility index (Phi) is 3.90. The molecule has 0 radical (unpaired) electrons. The zero-order valence-electron chi connectivity index (χ0n) is 13.0. The Morgan fingerprint density at radius 3 is 2.83 bits per heavy atom. The second kappa shape index (κ2) is 5.87. The standard InChI is InChI=1S/C17H18N2O4/c1-10(2)12-4-3-5-13(18-12)16(20)19-8-6-14-11(7-9-23-14)15(19)17(21)22/h3-5,7,9-10,15H,6,8H2,1-2H3,(H,21,22). The van der Waals surface area contributed by atoms with E-state index in [4.69, 9.17) is 4.42 Å². The number of aliphatic carboxylic acids is 1. The number of aromatic nitrogens is 1. The molecule has 0 saturated heterocycles. The van der Waals surface area contributed by atoms with Crippen molar-refractivity contribution in [2.24, 2.45) is 0 Å². The molecule has 1 atom stereocenters. The number of carboxylic acid groups (broad SMARTS) is 1. The van der Waals surface area contributed by atoms with Gasteiger partial charge in [0.25, 0.3) is 5.91 Å². The third kappa shape index (κ3) is 2.72. The highest BCUT2D eigenvalue weighted by Crippen LogP contribution is 2.31. The fourth-order valence-electron chi connectivity index (χ4n) is 2.84. The van der Waals surface area contributed by atoms with Gasteiger partial charge in [0.2, 0.25) is 0 Å². The maximum absolute atomic E-state index is 12.8. The highest BCUT2D eigenvalue weighted by molar-refractivity contribution is 5.95. The van der Waals surface area contributed by atoms with Crippen LogP contribution in [0.1, 0.15) is 53.3 Å². The predicted octanol–water partition coefficient (Wildman–Crippen LogP) is 2.62. The number of rotatable bonds is 3. The van der Waals surface area contributed by atoms with E-state index in [0.717, 1.165) is 5.69 Å². The van der Waals surface area contributed by atoms with Crippen molar-refractivity contribution in [3.8, 4) is 0 Å². The summed E-state index contributed by atoms with van der Waals surface area (Å²) in [5.41, 5.74) is 1.62. The van der Waals surface area contributed by atoms with Gasteiger partial charge in [0.15, 0.2) is 6.04 Å². The largest absolute Gasteiger partial charge is 0.479 e. The van der Waals surface area contributed by atoms with Crippen LogP contribution in [0.4, 0.5) is 0 Å². The van der Waals surface area contributed by atoms with E-state index in [0.29, 0.717) is 24.3 Å². The molecule has 3 rings (SSSR count). The number of furan rings is 1. The topological polar surface area (TPSA) is 83.6 Å². The molecule has 0 bridgehead atoms. The molecule has 1 N–H and O–H groups in total. The van der Waals surface area contributed by atoms with Crippen LogP contribution in [0.3, 0.4) is 0 Å². The maximum Gasteiger partial charge on any atom is 0.331 e. The van der Waals surface area contributed by atoms with Crippen LogP contribution in [-0.4, -0.2) is 33.4 Å². The normalized spacial score (nSPS) is 17.2. The number of fused-ring (bicyclic) bond motifs is 1. The molecule has 120 valence electrons. The van der Waals surface area contributed by atoms with Gasteiger partial charge in [-0.25, -0.2) is 9.78 Å². The molecule has 1 aliphatic rings. The Morgan fingerprint density at radius 2 is 2.13 bits per heavy atom. The van der Waals surface area contributed by atoms with Crippen LogP contribution in [0.2, 0.25) is 0 Å². The number of pyridine rings is 1. The Bertz CT molecular complexity index is 751. The summed E-state index contributed by atoms with van der Waals surface area (Å²) < 4.78 is 5.30. The zero-order valence-corrected chi connectivity index (χ0v) is 13.0. The van der Waals surface area contributed by atoms with Gasteiger partial charge in [-0.3, -0.25) is 4.79 Å². The number of hydrogen-bond donors (Lipinski definition) is 1. The molecule has 0 fully saturated rings. The van der Waals surface area contributed by atoms with E-state index in [-0.39, 0.29) is 17.5 Å². The molecule has 6 nitrogen and oxygen atoms in total. The van der Waals surface area contributed by atoms with E-state index in [2.05, 4.69) is 4.98 Å². The van der Waals surface area contributed by atoms with Gasteiger partial charge in [0.05, 0.1) is 6.26 Å². The summed E-state index contributed by atoms with van der Waals surface area (Å²) in [7, 11) is 0. The molecule has 23 heavy (non-hydrogen) atoms. The molecule has 1 amide bonds. The molecule has 3 heterocycles. The lowest BCUT2D eigenvalue weighted by Crippen LogP contribution is -2.43. The summed E-state index contributed by atoms with van der Waals surface area (Å²) in [6.07, 6.45) is 1.97. The molecule has 0 aromatic carbocycles. The van der Waals surface area contributed by atoms with Gasteiger partial charge in [-0.2, -0.15) is 0 Å². The first-order chi connectivity index (χ1) is 11.0. The highest BCUT2D eigenvalue weighted by atomic mass is 16.4. The lowest BCUT2D eigenvalue weighted by Gasteiger charge is -2.32. The third-order valence-electron chi connectivity index (χ3n) is 4.04. The average molecular weight is 314 g/mol. The van der Waals surface area contributed by atoms with Gasteiger partial charge in [0, 0.05) is 24.2 Å².